The van der Waals surface area contributed by atoms with Crippen LogP contribution in [0.2, 0.25) is 5.02 Å². The van der Waals surface area contributed by atoms with E-state index in [1.807, 2.05) is 0 Å². The molecule has 1 aromatic heterocycles. The van der Waals surface area contributed by atoms with Crippen LogP contribution in [0.5, 0.6) is 0 Å². The highest BCUT2D eigenvalue weighted by molar-refractivity contribution is 6.31. The van der Waals surface area contributed by atoms with Gasteiger partial charge in [0.05, 0.1) is 23.4 Å². The fourth-order valence-electron chi connectivity index (χ4n) is 2.00. The van der Waals surface area contributed by atoms with Crippen LogP contribution in [-0.2, 0) is 14.3 Å². The van der Waals surface area contributed by atoms with Crippen LogP contribution in [0.4, 0.5) is 0 Å². The van der Waals surface area contributed by atoms with Crippen molar-refractivity contribution in [2.75, 3.05) is 26.9 Å². The number of fused-ring (bicyclic) bond motifs is 1. The highest BCUT2D eigenvalue weighted by atomic mass is 35.5. The van der Waals surface area contributed by atoms with Gasteiger partial charge in [-0.1, -0.05) is 11.6 Å². The number of nitrogens with one attached hydrogen (secondary N) is 1. The molecule has 0 saturated heterocycles. The zero-order valence-electron chi connectivity index (χ0n) is 12.9. The first-order valence-corrected chi connectivity index (χ1v) is 7.38. The minimum atomic E-state index is -0.598. The van der Waals surface area contributed by atoms with Gasteiger partial charge < -0.3 is 14.8 Å². The molecule has 6 nitrogen and oxygen atoms in total. The molecule has 7 heteroatoms. The summed E-state index contributed by atoms with van der Waals surface area (Å²) < 4.78 is 9.83. The summed E-state index contributed by atoms with van der Waals surface area (Å²) in [7, 11) is 1.54. The van der Waals surface area contributed by atoms with Crippen LogP contribution in [0.1, 0.15) is 16.1 Å². The third-order valence-electron chi connectivity index (χ3n) is 3.15. The first kappa shape index (κ1) is 17.2. The number of esters is 1. The average Bonchev–Trinajstić information content (AvgIpc) is 2.52. The molecule has 0 atom stereocenters. The summed E-state index contributed by atoms with van der Waals surface area (Å²) in [5.41, 5.74) is 1.58. The molecule has 0 unspecified atom stereocenters. The van der Waals surface area contributed by atoms with Crippen molar-refractivity contribution in [3.05, 3.63) is 40.5 Å². The number of carbonyl (C=O) groups is 2. The molecule has 1 aromatic carbocycles. The Bertz CT molecular complexity index is 733. The molecule has 1 N–H and O–H groups in total. The summed E-state index contributed by atoms with van der Waals surface area (Å²) in [5, 5.41) is 3.86. The smallest absolute Gasteiger partial charge is 0.340 e. The number of aryl methyl sites for hydroxylation is 1. The van der Waals surface area contributed by atoms with Crippen molar-refractivity contribution in [1.82, 2.24) is 10.3 Å². The average molecular weight is 337 g/mol. The Labute approximate surface area is 138 Å². The van der Waals surface area contributed by atoms with E-state index in [1.165, 1.54) is 7.11 Å². The number of amides is 1. The summed E-state index contributed by atoms with van der Waals surface area (Å²) >= 11 is 5.95. The zero-order chi connectivity index (χ0) is 16.8. The van der Waals surface area contributed by atoms with Gasteiger partial charge in [-0.3, -0.25) is 9.78 Å². The van der Waals surface area contributed by atoms with Gasteiger partial charge in [-0.05, 0) is 31.2 Å². The lowest BCUT2D eigenvalue weighted by Gasteiger charge is -2.09. The van der Waals surface area contributed by atoms with Gasteiger partial charge in [0, 0.05) is 24.1 Å². The molecule has 1 amide bonds. The Kier molecular flexibility index (Phi) is 5.90. The topological polar surface area (TPSA) is 77.5 Å². The summed E-state index contributed by atoms with van der Waals surface area (Å²) in [6, 6.07) is 6.90. The predicted octanol–water partition coefficient (Wildman–Crippen LogP) is 2.12. The van der Waals surface area contributed by atoms with Crippen molar-refractivity contribution in [1.29, 1.82) is 0 Å². The molecule has 0 aliphatic rings. The number of rotatable bonds is 6. The van der Waals surface area contributed by atoms with Gasteiger partial charge in [0.2, 0.25) is 0 Å². The Balaban J connectivity index is 2.05. The van der Waals surface area contributed by atoms with E-state index in [9.17, 15) is 9.59 Å². The second-order valence-electron chi connectivity index (χ2n) is 4.88. The molecular formula is C16H17ClN2O4. The van der Waals surface area contributed by atoms with Crippen LogP contribution >= 0.6 is 11.6 Å². The van der Waals surface area contributed by atoms with Gasteiger partial charge in [-0.15, -0.1) is 0 Å². The van der Waals surface area contributed by atoms with Gasteiger partial charge in [-0.25, -0.2) is 4.79 Å². The maximum absolute atomic E-state index is 12.1. The summed E-state index contributed by atoms with van der Waals surface area (Å²) in [6.07, 6.45) is 0. The van der Waals surface area contributed by atoms with E-state index in [4.69, 9.17) is 21.1 Å². The summed E-state index contributed by atoms with van der Waals surface area (Å²) in [5.74, 6) is -0.983. The molecule has 0 spiro atoms. The number of benzene rings is 1. The van der Waals surface area contributed by atoms with Crippen LogP contribution < -0.4 is 5.32 Å². The minimum absolute atomic E-state index is 0.310. The second-order valence-corrected chi connectivity index (χ2v) is 5.31. The number of pyridine rings is 1. The number of halogens is 1. The third kappa shape index (κ3) is 4.64. The first-order valence-electron chi connectivity index (χ1n) is 7.01. The predicted molar refractivity (Wildman–Crippen MR) is 86.7 cm³/mol. The number of hydrogen-bond acceptors (Lipinski definition) is 5. The minimum Gasteiger partial charge on any atom is -0.452 e. The standard InChI is InChI=1S/C16H17ClN2O4/c1-10-13(8-11-7-12(17)3-4-14(11)19-10)16(21)23-9-15(20)18-5-6-22-2/h3-4,7-8H,5-6,9H2,1-2H3,(H,18,20). The molecule has 0 aliphatic heterocycles. The third-order valence-corrected chi connectivity index (χ3v) is 3.39. The number of methoxy groups -OCH3 is 1. The van der Waals surface area contributed by atoms with Gasteiger partial charge in [-0.2, -0.15) is 0 Å². The fourth-order valence-corrected chi connectivity index (χ4v) is 2.18. The van der Waals surface area contributed by atoms with Crippen molar-refractivity contribution < 1.29 is 19.1 Å². The maximum atomic E-state index is 12.1. The van der Waals surface area contributed by atoms with Gasteiger partial charge in [0.15, 0.2) is 6.61 Å². The molecule has 0 bridgehead atoms. The van der Waals surface area contributed by atoms with Crippen molar-refractivity contribution in [3.8, 4) is 0 Å². The molecule has 1 heterocycles. The Morgan fingerprint density at radius 2 is 2.09 bits per heavy atom. The van der Waals surface area contributed by atoms with E-state index in [-0.39, 0.29) is 12.5 Å². The van der Waals surface area contributed by atoms with E-state index in [2.05, 4.69) is 10.3 Å². The van der Waals surface area contributed by atoms with E-state index < -0.39 is 5.97 Å². The lowest BCUT2D eigenvalue weighted by atomic mass is 10.1. The van der Waals surface area contributed by atoms with Crippen LogP contribution in [0.25, 0.3) is 10.9 Å². The van der Waals surface area contributed by atoms with Crippen molar-refractivity contribution in [3.63, 3.8) is 0 Å². The Morgan fingerprint density at radius 3 is 2.83 bits per heavy atom. The molecule has 0 fully saturated rings. The second kappa shape index (κ2) is 7.89. The van der Waals surface area contributed by atoms with Crippen LogP contribution in [0, 0.1) is 6.92 Å². The summed E-state index contributed by atoms with van der Waals surface area (Å²) in [4.78, 5) is 28.0. The van der Waals surface area contributed by atoms with Crippen LogP contribution in [0.15, 0.2) is 24.3 Å². The summed E-state index contributed by atoms with van der Waals surface area (Å²) in [6.45, 7) is 2.12. The molecule has 2 aromatic rings. The number of ether oxygens (including phenoxy) is 2. The molecule has 0 saturated carbocycles. The van der Waals surface area contributed by atoms with Crippen LogP contribution in [0.3, 0.4) is 0 Å². The highest BCUT2D eigenvalue weighted by Crippen LogP contribution is 2.21. The van der Waals surface area contributed by atoms with Gasteiger partial charge in [0.25, 0.3) is 5.91 Å². The number of hydrogen-bond donors (Lipinski definition) is 1. The Morgan fingerprint density at radius 1 is 1.30 bits per heavy atom. The molecular weight excluding hydrogens is 320 g/mol. The van der Waals surface area contributed by atoms with Gasteiger partial charge >= 0.3 is 5.97 Å². The zero-order valence-corrected chi connectivity index (χ0v) is 13.6. The van der Waals surface area contributed by atoms with Crippen molar-refractivity contribution in [2.24, 2.45) is 0 Å². The molecule has 0 aliphatic carbocycles. The van der Waals surface area contributed by atoms with Crippen molar-refractivity contribution >= 4 is 34.4 Å². The van der Waals surface area contributed by atoms with Crippen LogP contribution in [-0.4, -0.2) is 43.7 Å². The van der Waals surface area contributed by atoms with E-state index in [0.717, 1.165) is 10.9 Å². The molecule has 0 radical (unpaired) electrons. The van der Waals surface area contributed by atoms with Gasteiger partial charge in [0.1, 0.15) is 0 Å². The Hall–Kier alpha value is -2.18. The number of carbonyl (C=O) groups excluding carboxylic acids is 2. The maximum Gasteiger partial charge on any atom is 0.340 e. The molecule has 122 valence electrons. The number of nitrogens with zero attached hydrogens (tertiary/aromatic N) is 1. The first-order chi connectivity index (χ1) is 11.0. The van der Waals surface area contributed by atoms with E-state index >= 15 is 0 Å². The van der Waals surface area contributed by atoms with E-state index in [1.54, 1.807) is 31.2 Å². The number of aromatic nitrogens is 1. The molecule has 23 heavy (non-hydrogen) atoms. The van der Waals surface area contributed by atoms with Crippen molar-refractivity contribution in [2.45, 2.75) is 6.92 Å². The SMILES string of the molecule is COCCNC(=O)COC(=O)c1cc2cc(Cl)ccc2nc1C. The lowest BCUT2D eigenvalue weighted by Crippen LogP contribution is -2.31. The highest BCUT2D eigenvalue weighted by Gasteiger charge is 2.15. The largest absolute Gasteiger partial charge is 0.452 e. The molecule has 2 rings (SSSR count). The lowest BCUT2D eigenvalue weighted by molar-refractivity contribution is -0.124. The quantitative estimate of drug-likeness (QED) is 0.646. The van der Waals surface area contributed by atoms with E-state index in [0.29, 0.717) is 29.4 Å². The normalized spacial score (nSPS) is 10.6. The monoisotopic (exact) mass is 336 g/mol. The fraction of sp³-hybridized carbons (Fsp3) is 0.312.